The van der Waals surface area contributed by atoms with Crippen LogP contribution in [-0.4, -0.2) is 6.54 Å². The predicted octanol–water partition coefficient (Wildman–Crippen LogP) is 5.39. The quantitative estimate of drug-likeness (QED) is 0.708. The van der Waals surface area contributed by atoms with Gasteiger partial charge < -0.3 is 5.32 Å². The van der Waals surface area contributed by atoms with Gasteiger partial charge >= 0.3 is 0 Å². The molecule has 1 nitrogen and oxygen atoms in total. The van der Waals surface area contributed by atoms with Crippen LogP contribution in [0.2, 0.25) is 5.02 Å². The van der Waals surface area contributed by atoms with Crippen molar-refractivity contribution in [2.45, 2.75) is 19.9 Å². The molecule has 0 fully saturated rings. The van der Waals surface area contributed by atoms with Crippen LogP contribution in [0.5, 0.6) is 0 Å². The molecule has 0 spiro atoms. The van der Waals surface area contributed by atoms with Gasteiger partial charge in [-0.05, 0) is 64.8 Å². The van der Waals surface area contributed by atoms with Gasteiger partial charge in [0.2, 0.25) is 0 Å². The second-order valence-corrected chi connectivity index (χ2v) is 6.07. The molecule has 0 heterocycles. The van der Waals surface area contributed by atoms with Crippen LogP contribution in [0.1, 0.15) is 29.7 Å². The Kier molecular flexibility index (Phi) is 5.36. The summed E-state index contributed by atoms with van der Waals surface area (Å²) in [5.74, 6) is -0.956. The topological polar surface area (TPSA) is 12.0 Å². The Morgan fingerprint density at radius 3 is 2.52 bits per heavy atom. The van der Waals surface area contributed by atoms with Crippen molar-refractivity contribution in [3.05, 3.63) is 68.2 Å². The van der Waals surface area contributed by atoms with E-state index in [9.17, 15) is 8.78 Å². The molecule has 0 aliphatic carbocycles. The lowest BCUT2D eigenvalue weighted by atomic mass is 9.94. The van der Waals surface area contributed by atoms with Crippen molar-refractivity contribution in [1.82, 2.24) is 5.32 Å². The zero-order valence-corrected chi connectivity index (χ0v) is 14.0. The van der Waals surface area contributed by atoms with Gasteiger partial charge in [0.25, 0.3) is 0 Å². The molecule has 0 aliphatic rings. The highest BCUT2D eigenvalue weighted by molar-refractivity contribution is 9.10. The SMILES string of the molecule is CCNC(c1cc(Cl)ccc1C)c1cc(F)c(Br)cc1F. The number of nitrogens with one attached hydrogen (secondary N) is 1. The average Bonchev–Trinajstić information content (AvgIpc) is 2.43. The maximum Gasteiger partial charge on any atom is 0.137 e. The van der Waals surface area contributed by atoms with Gasteiger partial charge in [-0.15, -0.1) is 0 Å². The molecule has 2 aromatic rings. The second kappa shape index (κ2) is 6.86. The lowest BCUT2D eigenvalue weighted by Gasteiger charge is -2.22. The maximum atomic E-state index is 14.3. The van der Waals surface area contributed by atoms with E-state index in [4.69, 9.17) is 11.6 Å². The Labute approximate surface area is 136 Å². The lowest BCUT2D eigenvalue weighted by Crippen LogP contribution is -2.24. The second-order valence-electron chi connectivity index (χ2n) is 4.78. The summed E-state index contributed by atoms with van der Waals surface area (Å²) < 4.78 is 28.2. The highest BCUT2D eigenvalue weighted by Crippen LogP contribution is 2.31. The summed E-state index contributed by atoms with van der Waals surface area (Å²) in [7, 11) is 0. The third-order valence-corrected chi connectivity index (χ3v) is 4.15. The zero-order valence-electron chi connectivity index (χ0n) is 11.7. The molecule has 0 saturated carbocycles. The fourth-order valence-electron chi connectivity index (χ4n) is 2.27. The lowest BCUT2D eigenvalue weighted by molar-refractivity contribution is 0.541. The zero-order chi connectivity index (χ0) is 15.6. The summed E-state index contributed by atoms with van der Waals surface area (Å²) in [5.41, 5.74) is 2.07. The highest BCUT2D eigenvalue weighted by atomic mass is 79.9. The molecule has 21 heavy (non-hydrogen) atoms. The number of rotatable bonds is 4. The van der Waals surface area contributed by atoms with Crippen LogP contribution < -0.4 is 5.32 Å². The Morgan fingerprint density at radius 2 is 1.86 bits per heavy atom. The smallest absolute Gasteiger partial charge is 0.137 e. The molecular weight excluding hydrogens is 360 g/mol. The Balaban J connectivity index is 2.58. The third kappa shape index (κ3) is 3.62. The standard InChI is InChI=1S/C16H15BrClF2N/c1-3-21-16(11-6-10(18)5-4-9(11)2)12-7-15(20)13(17)8-14(12)19/h4-8,16,21H,3H2,1-2H3. The molecule has 1 N–H and O–H groups in total. The van der Waals surface area contributed by atoms with Crippen molar-refractivity contribution in [3.8, 4) is 0 Å². The average molecular weight is 375 g/mol. The summed E-state index contributed by atoms with van der Waals surface area (Å²) in [6.45, 7) is 4.46. The van der Waals surface area contributed by atoms with Crippen molar-refractivity contribution in [2.75, 3.05) is 6.54 Å². The van der Waals surface area contributed by atoms with Crippen LogP contribution in [0, 0.1) is 18.6 Å². The maximum absolute atomic E-state index is 14.3. The first kappa shape index (κ1) is 16.4. The monoisotopic (exact) mass is 373 g/mol. The van der Waals surface area contributed by atoms with Gasteiger partial charge in [-0.25, -0.2) is 8.78 Å². The van der Waals surface area contributed by atoms with Gasteiger partial charge in [-0.1, -0.05) is 24.6 Å². The van der Waals surface area contributed by atoms with Gasteiger partial charge in [0, 0.05) is 10.6 Å². The van der Waals surface area contributed by atoms with E-state index in [0.717, 1.165) is 17.2 Å². The molecule has 0 radical (unpaired) electrons. The highest BCUT2D eigenvalue weighted by Gasteiger charge is 2.21. The largest absolute Gasteiger partial charge is 0.306 e. The first-order valence-corrected chi connectivity index (χ1v) is 7.75. The summed E-state index contributed by atoms with van der Waals surface area (Å²) in [4.78, 5) is 0. The molecule has 0 saturated heterocycles. The molecule has 0 aromatic heterocycles. The summed E-state index contributed by atoms with van der Waals surface area (Å²) >= 11 is 9.04. The Bertz CT molecular complexity index is 661. The van der Waals surface area contributed by atoms with E-state index in [-0.39, 0.29) is 10.0 Å². The van der Waals surface area contributed by atoms with Crippen LogP contribution in [-0.2, 0) is 0 Å². The molecule has 1 atom stereocenters. The minimum Gasteiger partial charge on any atom is -0.306 e. The Hall–Kier alpha value is -0.970. The van der Waals surface area contributed by atoms with Crippen molar-refractivity contribution in [1.29, 1.82) is 0 Å². The van der Waals surface area contributed by atoms with Crippen LogP contribution in [0.3, 0.4) is 0 Å². The van der Waals surface area contributed by atoms with Crippen molar-refractivity contribution >= 4 is 27.5 Å². The molecule has 0 aliphatic heterocycles. The van der Waals surface area contributed by atoms with Crippen LogP contribution in [0.25, 0.3) is 0 Å². The van der Waals surface area contributed by atoms with Crippen LogP contribution in [0.15, 0.2) is 34.8 Å². The van der Waals surface area contributed by atoms with Crippen LogP contribution in [0.4, 0.5) is 8.78 Å². The number of benzene rings is 2. The summed E-state index contributed by atoms with van der Waals surface area (Å²) in [6, 6.07) is 7.35. The van der Waals surface area contributed by atoms with E-state index in [0.29, 0.717) is 11.6 Å². The van der Waals surface area contributed by atoms with Gasteiger partial charge in [0.1, 0.15) is 11.6 Å². The molecular formula is C16H15BrClF2N. The fourth-order valence-corrected chi connectivity index (χ4v) is 2.77. The van der Waals surface area contributed by atoms with Gasteiger partial charge in [-0.2, -0.15) is 0 Å². The van der Waals surface area contributed by atoms with Gasteiger partial charge in [0.05, 0.1) is 10.5 Å². The first-order valence-electron chi connectivity index (χ1n) is 6.58. The molecule has 0 bridgehead atoms. The minimum absolute atomic E-state index is 0.113. The third-order valence-electron chi connectivity index (χ3n) is 3.31. The van der Waals surface area contributed by atoms with E-state index in [1.54, 1.807) is 12.1 Å². The van der Waals surface area contributed by atoms with E-state index < -0.39 is 17.7 Å². The van der Waals surface area contributed by atoms with Crippen molar-refractivity contribution in [3.63, 3.8) is 0 Å². The number of halogens is 4. The first-order chi connectivity index (χ1) is 9.93. The van der Waals surface area contributed by atoms with Gasteiger partial charge in [0.15, 0.2) is 0 Å². The molecule has 5 heteroatoms. The number of aryl methyl sites for hydroxylation is 1. The molecule has 2 rings (SSSR count). The van der Waals surface area contributed by atoms with E-state index in [1.165, 1.54) is 6.07 Å². The number of hydrogen-bond acceptors (Lipinski definition) is 1. The van der Waals surface area contributed by atoms with Crippen LogP contribution >= 0.6 is 27.5 Å². The molecule has 1 unspecified atom stereocenters. The van der Waals surface area contributed by atoms with E-state index >= 15 is 0 Å². The molecule has 2 aromatic carbocycles. The molecule has 112 valence electrons. The van der Waals surface area contributed by atoms with E-state index in [2.05, 4.69) is 21.2 Å². The predicted molar refractivity (Wildman–Crippen MR) is 85.8 cm³/mol. The fraction of sp³-hybridized carbons (Fsp3) is 0.250. The summed E-state index contributed by atoms with van der Waals surface area (Å²) in [5, 5.41) is 3.76. The normalized spacial score (nSPS) is 12.5. The summed E-state index contributed by atoms with van der Waals surface area (Å²) in [6.07, 6.45) is 0. The van der Waals surface area contributed by atoms with Crippen molar-refractivity contribution in [2.24, 2.45) is 0 Å². The van der Waals surface area contributed by atoms with E-state index in [1.807, 2.05) is 19.9 Å². The number of hydrogen-bond donors (Lipinski definition) is 1. The minimum atomic E-state index is -0.492. The molecule has 0 amide bonds. The van der Waals surface area contributed by atoms with Gasteiger partial charge in [-0.3, -0.25) is 0 Å². The van der Waals surface area contributed by atoms with Crippen molar-refractivity contribution < 1.29 is 8.78 Å². The Morgan fingerprint density at radius 1 is 1.14 bits per heavy atom.